The largest absolute Gasteiger partial charge is 0.477 e. The van der Waals surface area contributed by atoms with Gasteiger partial charge in [0.05, 0.1) is 24.2 Å². The van der Waals surface area contributed by atoms with Crippen LogP contribution in [0.15, 0.2) is 18.2 Å². The van der Waals surface area contributed by atoms with E-state index in [1.807, 2.05) is 0 Å². The quantitative estimate of drug-likeness (QED) is 0.610. The van der Waals surface area contributed by atoms with Gasteiger partial charge in [0.25, 0.3) is 0 Å². The molecule has 1 fully saturated rings. The molecule has 0 radical (unpaired) electrons. The number of hydrogen-bond acceptors (Lipinski definition) is 6. The van der Waals surface area contributed by atoms with Gasteiger partial charge >= 0.3 is 11.7 Å². The van der Waals surface area contributed by atoms with Crippen molar-refractivity contribution in [2.24, 2.45) is 0 Å². The molecule has 8 heteroatoms. The maximum absolute atomic E-state index is 11.2. The minimum Gasteiger partial charge on any atom is -0.477 e. The monoisotopic (exact) mass is 282 g/mol. The van der Waals surface area contributed by atoms with Gasteiger partial charge in [-0.05, 0) is 12.1 Å². The number of rotatable bonds is 4. The number of carboxylic acid groups (broad SMARTS) is 1. The maximum Gasteiger partial charge on any atom is 0.342 e. The molecule has 0 bridgehead atoms. The Labute approximate surface area is 114 Å². The summed E-state index contributed by atoms with van der Waals surface area (Å²) in [5.41, 5.74) is -0.546. The Balaban J connectivity index is 2.43. The van der Waals surface area contributed by atoms with Crippen molar-refractivity contribution in [3.8, 4) is 0 Å². The van der Waals surface area contributed by atoms with Gasteiger partial charge in [0.2, 0.25) is 0 Å². The van der Waals surface area contributed by atoms with E-state index < -0.39 is 22.7 Å². The zero-order valence-corrected chi connectivity index (χ0v) is 10.6. The second-order valence-electron chi connectivity index (χ2n) is 4.36. The van der Waals surface area contributed by atoms with Gasteiger partial charge in [0, 0.05) is 13.1 Å². The smallest absolute Gasteiger partial charge is 0.342 e. The van der Waals surface area contributed by atoms with Crippen molar-refractivity contribution in [3.63, 3.8) is 0 Å². The standard InChI is InChI=1S/C12H14N2O6/c15-7-8-6-13(4-5-20-8)10-3-1-2-9(12(16)17)11(10)14(18)19/h1-3,8,15H,4-7H2,(H,16,17). The average molecular weight is 282 g/mol. The number of para-hydroxylation sites is 1. The summed E-state index contributed by atoms with van der Waals surface area (Å²) in [7, 11) is 0. The third kappa shape index (κ3) is 2.70. The highest BCUT2D eigenvalue weighted by molar-refractivity contribution is 5.95. The van der Waals surface area contributed by atoms with Crippen LogP contribution in [-0.4, -0.2) is 53.5 Å². The van der Waals surface area contributed by atoms with Gasteiger partial charge in [0.1, 0.15) is 11.3 Å². The Morgan fingerprint density at radius 3 is 2.90 bits per heavy atom. The Morgan fingerprint density at radius 1 is 1.55 bits per heavy atom. The number of aliphatic hydroxyl groups is 1. The summed E-state index contributed by atoms with van der Waals surface area (Å²) in [4.78, 5) is 23.2. The fraction of sp³-hybridized carbons (Fsp3) is 0.417. The van der Waals surface area contributed by atoms with Gasteiger partial charge in [-0.1, -0.05) is 6.07 Å². The second kappa shape index (κ2) is 5.85. The SMILES string of the molecule is O=C(O)c1cccc(N2CCOC(CO)C2)c1[N+](=O)[O-]. The summed E-state index contributed by atoms with van der Waals surface area (Å²) < 4.78 is 5.28. The van der Waals surface area contributed by atoms with Crippen LogP contribution < -0.4 is 4.90 Å². The van der Waals surface area contributed by atoms with Crippen LogP contribution in [-0.2, 0) is 4.74 Å². The zero-order chi connectivity index (χ0) is 14.7. The van der Waals surface area contributed by atoms with E-state index in [4.69, 9.17) is 14.9 Å². The van der Waals surface area contributed by atoms with Gasteiger partial charge in [-0.25, -0.2) is 4.79 Å². The van der Waals surface area contributed by atoms with E-state index in [0.717, 1.165) is 0 Å². The second-order valence-corrected chi connectivity index (χ2v) is 4.36. The van der Waals surface area contributed by atoms with Gasteiger partial charge in [-0.2, -0.15) is 0 Å². The van der Waals surface area contributed by atoms with Gasteiger partial charge < -0.3 is 19.8 Å². The molecule has 8 nitrogen and oxygen atoms in total. The molecule has 108 valence electrons. The number of morpholine rings is 1. The van der Waals surface area contributed by atoms with E-state index in [1.54, 1.807) is 4.90 Å². The molecule has 0 aliphatic carbocycles. The van der Waals surface area contributed by atoms with E-state index in [2.05, 4.69) is 0 Å². The summed E-state index contributed by atoms with van der Waals surface area (Å²) in [6.07, 6.45) is -0.433. The minimum absolute atomic E-state index is 0.192. The zero-order valence-electron chi connectivity index (χ0n) is 10.6. The number of ether oxygens (including phenoxy) is 1. The van der Waals surface area contributed by atoms with Crippen molar-refractivity contribution >= 4 is 17.3 Å². The minimum atomic E-state index is -1.34. The first-order chi connectivity index (χ1) is 9.54. The highest BCUT2D eigenvalue weighted by atomic mass is 16.6. The van der Waals surface area contributed by atoms with Crippen LogP contribution in [0.3, 0.4) is 0 Å². The molecule has 0 spiro atoms. The first-order valence-electron chi connectivity index (χ1n) is 6.02. The lowest BCUT2D eigenvalue weighted by Crippen LogP contribution is -2.44. The molecule has 0 amide bonds. The molecule has 0 saturated carbocycles. The van der Waals surface area contributed by atoms with Crippen LogP contribution >= 0.6 is 0 Å². The van der Waals surface area contributed by atoms with Gasteiger partial charge in [0.15, 0.2) is 0 Å². The van der Waals surface area contributed by atoms with Crippen LogP contribution in [0.4, 0.5) is 11.4 Å². The number of carbonyl (C=O) groups is 1. The van der Waals surface area contributed by atoms with Gasteiger partial charge in [-0.15, -0.1) is 0 Å². The summed E-state index contributed by atoms with van der Waals surface area (Å²) in [6, 6.07) is 4.17. The van der Waals surface area contributed by atoms with Crippen LogP contribution in [0.1, 0.15) is 10.4 Å². The third-order valence-electron chi connectivity index (χ3n) is 3.11. The number of aromatic carboxylic acids is 1. The Bertz CT molecular complexity index is 533. The molecule has 1 unspecified atom stereocenters. The van der Waals surface area contributed by atoms with Crippen LogP contribution in [0.5, 0.6) is 0 Å². The highest BCUT2D eigenvalue weighted by Crippen LogP contribution is 2.32. The van der Waals surface area contributed by atoms with E-state index >= 15 is 0 Å². The molecule has 1 aliphatic rings. The lowest BCUT2D eigenvalue weighted by atomic mass is 10.1. The summed E-state index contributed by atoms with van der Waals surface area (Å²) in [5, 5.41) is 29.3. The normalized spacial score (nSPS) is 18.9. The van der Waals surface area contributed by atoms with Crippen molar-refractivity contribution in [3.05, 3.63) is 33.9 Å². The molecule has 2 N–H and O–H groups in total. The van der Waals surface area contributed by atoms with E-state index in [1.165, 1.54) is 18.2 Å². The summed E-state index contributed by atoms with van der Waals surface area (Å²) >= 11 is 0. The predicted molar refractivity (Wildman–Crippen MR) is 69.1 cm³/mol. The number of nitro benzene ring substituents is 1. The first-order valence-corrected chi connectivity index (χ1v) is 6.02. The maximum atomic E-state index is 11.2. The number of nitrogens with zero attached hydrogens (tertiary/aromatic N) is 2. The Hall–Kier alpha value is -2.19. The number of aliphatic hydroxyl groups excluding tert-OH is 1. The van der Waals surface area contributed by atoms with E-state index in [-0.39, 0.29) is 24.4 Å². The van der Waals surface area contributed by atoms with Gasteiger partial charge in [-0.3, -0.25) is 10.1 Å². The molecule has 1 saturated heterocycles. The average Bonchev–Trinajstić information content (AvgIpc) is 2.46. The number of anilines is 1. The predicted octanol–water partition coefficient (Wildman–Crippen LogP) is 0.490. The number of hydrogen-bond donors (Lipinski definition) is 2. The molecular formula is C12H14N2O6. The Morgan fingerprint density at radius 2 is 2.30 bits per heavy atom. The molecule has 20 heavy (non-hydrogen) atoms. The summed E-state index contributed by atoms with van der Waals surface area (Å²) in [6.45, 7) is 0.809. The first kappa shape index (κ1) is 14.2. The van der Waals surface area contributed by atoms with Crippen LogP contribution in [0.25, 0.3) is 0 Å². The van der Waals surface area contributed by atoms with Crippen molar-refractivity contribution in [2.45, 2.75) is 6.10 Å². The topological polar surface area (TPSA) is 113 Å². The van der Waals surface area contributed by atoms with Crippen molar-refractivity contribution < 1.29 is 24.7 Å². The molecule has 2 rings (SSSR count). The number of benzene rings is 1. The van der Waals surface area contributed by atoms with E-state index in [9.17, 15) is 14.9 Å². The fourth-order valence-corrected chi connectivity index (χ4v) is 2.20. The molecule has 1 aromatic carbocycles. The van der Waals surface area contributed by atoms with Crippen LogP contribution in [0.2, 0.25) is 0 Å². The van der Waals surface area contributed by atoms with E-state index in [0.29, 0.717) is 13.2 Å². The van der Waals surface area contributed by atoms with Crippen molar-refractivity contribution in [1.29, 1.82) is 0 Å². The van der Waals surface area contributed by atoms with Crippen LogP contribution in [0, 0.1) is 10.1 Å². The number of nitro groups is 1. The van der Waals surface area contributed by atoms with Crippen molar-refractivity contribution in [1.82, 2.24) is 0 Å². The lowest BCUT2D eigenvalue weighted by Gasteiger charge is -2.33. The molecular weight excluding hydrogens is 268 g/mol. The molecule has 1 heterocycles. The molecule has 1 atom stereocenters. The highest BCUT2D eigenvalue weighted by Gasteiger charge is 2.30. The molecule has 1 aliphatic heterocycles. The molecule has 1 aromatic rings. The molecule has 0 aromatic heterocycles. The Kier molecular flexibility index (Phi) is 4.16. The number of carboxylic acids is 1. The lowest BCUT2D eigenvalue weighted by molar-refractivity contribution is -0.384. The van der Waals surface area contributed by atoms with Crippen molar-refractivity contribution in [2.75, 3.05) is 31.2 Å². The third-order valence-corrected chi connectivity index (χ3v) is 3.11. The summed E-state index contributed by atoms with van der Waals surface area (Å²) in [5.74, 6) is -1.34. The fourth-order valence-electron chi connectivity index (χ4n) is 2.20.